The van der Waals surface area contributed by atoms with Gasteiger partial charge in [-0.3, -0.25) is 0 Å². The van der Waals surface area contributed by atoms with Gasteiger partial charge in [-0.25, -0.2) is 9.00 Å². The molecule has 2 rings (SSSR count). The molecule has 0 bridgehead atoms. The highest BCUT2D eigenvalue weighted by molar-refractivity contribution is 7.90. The van der Waals surface area contributed by atoms with Crippen molar-refractivity contribution in [2.45, 2.75) is 37.5 Å². The Bertz CT molecular complexity index is 587. The summed E-state index contributed by atoms with van der Waals surface area (Å²) in [7, 11) is -1.53. The number of carbonyl (C=O) groups excluding carboxylic acids is 1. The van der Waals surface area contributed by atoms with E-state index in [9.17, 15) is 9.00 Å². The molecule has 4 heteroatoms. The fraction of sp³-hybridized carbons (Fsp3) is 0.353. The van der Waals surface area contributed by atoms with Crippen LogP contribution in [-0.4, -0.2) is 16.8 Å². The van der Waals surface area contributed by atoms with Crippen molar-refractivity contribution in [3.05, 3.63) is 53.0 Å². The summed E-state index contributed by atoms with van der Waals surface area (Å²) in [6.07, 6.45) is 3.65. The molecule has 1 aliphatic rings. The second-order valence-electron chi connectivity index (χ2n) is 4.92. The van der Waals surface area contributed by atoms with Crippen molar-refractivity contribution in [3.63, 3.8) is 0 Å². The lowest BCUT2D eigenvalue weighted by Gasteiger charge is -2.20. The van der Waals surface area contributed by atoms with Gasteiger partial charge in [0.1, 0.15) is 4.91 Å². The SMILES string of the molecule is C=C1CCCC/C1=C(\C(=O)OCC)S(=O)c1ccccc1. The van der Waals surface area contributed by atoms with Gasteiger partial charge in [-0.05, 0) is 50.3 Å². The Balaban J connectivity index is 2.46. The molecule has 21 heavy (non-hydrogen) atoms. The van der Waals surface area contributed by atoms with Gasteiger partial charge in [0, 0.05) is 4.90 Å². The lowest BCUT2D eigenvalue weighted by atomic mass is 9.90. The van der Waals surface area contributed by atoms with E-state index in [4.69, 9.17) is 4.74 Å². The van der Waals surface area contributed by atoms with E-state index in [2.05, 4.69) is 6.58 Å². The summed E-state index contributed by atoms with van der Waals surface area (Å²) < 4.78 is 17.9. The normalized spacial score (nSPS) is 19.0. The van der Waals surface area contributed by atoms with E-state index in [1.165, 1.54) is 0 Å². The number of allylic oxidation sites excluding steroid dienone is 2. The molecule has 0 aromatic heterocycles. The summed E-state index contributed by atoms with van der Waals surface area (Å²) in [6.45, 7) is 6.06. The molecule has 0 N–H and O–H groups in total. The van der Waals surface area contributed by atoms with Crippen LogP contribution in [0.3, 0.4) is 0 Å². The van der Waals surface area contributed by atoms with Gasteiger partial charge in [0.15, 0.2) is 0 Å². The largest absolute Gasteiger partial charge is 0.462 e. The molecule has 1 aromatic carbocycles. The standard InChI is InChI=1S/C17H20O3S/c1-3-20-17(18)16(15-12-8-7-9-13(15)2)21(19)14-10-5-4-6-11-14/h4-6,10-11H,2-3,7-9,12H2,1H3/b16-15-. The van der Waals surface area contributed by atoms with Gasteiger partial charge in [-0.1, -0.05) is 30.4 Å². The summed E-state index contributed by atoms with van der Waals surface area (Å²) >= 11 is 0. The van der Waals surface area contributed by atoms with E-state index in [-0.39, 0.29) is 11.5 Å². The van der Waals surface area contributed by atoms with Gasteiger partial charge < -0.3 is 4.74 Å². The molecule has 1 aliphatic carbocycles. The molecule has 0 amide bonds. The average Bonchev–Trinajstić information content (AvgIpc) is 2.50. The molecule has 0 aliphatic heterocycles. The Kier molecular flexibility index (Phi) is 5.51. The molecule has 1 aromatic rings. The molecular weight excluding hydrogens is 284 g/mol. The molecule has 0 spiro atoms. The van der Waals surface area contributed by atoms with Crippen LogP contribution in [0.4, 0.5) is 0 Å². The maximum Gasteiger partial charge on any atom is 0.347 e. The summed E-state index contributed by atoms with van der Waals surface area (Å²) in [5.74, 6) is -0.488. The van der Waals surface area contributed by atoms with Crippen LogP contribution >= 0.6 is 0 Å². The van der Waals surface area contributed by atoms with Gasteiger partial charge in [0.05, 0.1) is 17.4 Å². The van der Waals surface area contributed by atoms with E-state index in [0.29, 0.717) is 4.90 Å². The number of hydrogen-bond acceptors (Lipinski definition) is 3. The Morgan fingerprint density at radius 2 is 1.90 bits per heavy atom. The minimum Gasteiger partial charge on any atom is -0.462 e. The maximum absolute atomic E-state index is 12.8. The van der Waals surface area contributed by atoms with Crippen molar-refractivity contribution in [2.24, 2.45) is 0 Å². The summed E-state index contributed by atoms with van der Waals surface area (Å²) in [5, 5.41) is 0. The molecule has 1 saturated carbocycles. The number of ether oxygens (including phenoxy) is 1. The lowest BCUT2D eigenvalue weighted by Crippen LogP contribution is -2.17. The first-order chi connectivity index (χ1) is 10.1. The molecule has 3 nitrogen and oxygen atoms in total. The van der Waals surface area contributed by atoms with Crippen molar-refractivity contribution in [2.75, 3.05) is 6.61 Å². The molecule has 1 fully saturated rings. The van der Waals surface area contributed by atoms with Crippen molar-refractivity contribution in [3.8, 4) is 0 Å². The van der Waals surface area contributed by atoms with Crippen LogP contribution in [0.25, 0.3) is 0 Å². The quantitative estimate of drug-likeness (QED) is 0.628. The summed E-state index contributed by atoms with van der Waals surface area (Å²) in [5.41, 5.74) is 1.73. The highest BCUT2D eigenvalue weighted by atomic mass is 32.2. The zero-order valence-corrected chi connectivity index (χ0v) is 13.1. The van der Waals surface area contributed by atoms with Crippen LogP contribution in [0.2, 0.25) is 0 Å². The van der Waals surface area contributed by atoms with E-state index < -0.39 is 16.8 Å². The first kappa shape index (κ1) is 15.7. The minimum absolute atomic E-state index is 0.271. The van der Waals surface area contributed by atoms with Gasteiger partial charge in [0.25, 0.3) is 0 Å². The van der Waals surface area contributed by atoms with Gasteiger partial charge in [0.2, 0.25) is 0 Å². The van der Waals surface area contributed by atoms with Crippen LogP contribution in [0.15, 0.2) is 57.9 Å². The van der Waals surface area contributed by atoms with E-state index in [0.717, 1.165) is 36.8 Å². The number of rotatable bonds is 4. The van der Waals surface area contributed by atoms with E-state index in [1.54, 1.807) is 19.1 Å². The smallest absolute Gasteiger partial charge is 0.347 e. The summed E-state index contributed by atoms with van der Waals surface area (Å²) in [4.78, 5) is 13.2. The molecule has 0 heterocycles. The fourth-order valence-electron chi connectivity index (χ4n) is 2.41. The number of hydrogen-bond donors (Lipinski definition) is 0. The lowest BCUT2D eigenvalue weighted by molar-refractivity contribution is -0.137. The topological polar surface area (TPSA) is 43.4 Å². The average molecular weight is 304 g/mol. The monoisotopic (exact) mass is 304 g/mol. The Labute approximate surface area is 128 Å². The van der Waals surface area contributed by atoms with Crippen molar-refractivity contribution < 1.29 is 13.7 Å². The highest BCUT2D eigenvalue weighted by Crippen LogP contribution is 2.33. The zero-order chi connectivity index (χ0) is 15.2. The Hall–Kier alpha value is -1.68. The van der Waals surface area contributed by atoms with E-state index >= 15 is 0 Å². The molecule has 0 saturated heterocycles. The number of carbonyl (C=O) groups is 1. The molecule has 112 valence electrons. The van der Waals surface area contributed by atoms with Crippen LogP contribution < -0.4 is 0 Å². The summed E-state index contributed by atoms with van der Waals surface area (Å²) in [6, 6.07) is 9.02. The number of esters is 1. The van der Waals surface area contributed by atoms with E-state index in [1.807, 2.05) is 18.2 Å². The Morgan fingerprint density at radius 3 is 2.52 bits per heavy atom. The third-order valence-electron chi connectivity index (χ3n) is 3.46. The van der Waals surface area contributed by atoms with Crippen LogP contribution in [-0.2, 0) is 20.3 Å². The third kappa shape index (κ3) is 3.70. The van der Waals surface area contributed by atoms with Crippen LogP contribution in [0, 0.1) is 0 Å². The van der Waals surface area contributed by atoms with Crippen LogP contribution in [0.5, 0.6) is 0 Å². The second-order valence-corrected chi connectivity index (χ2v) is 6.34. The molecule has 0 radical (unpaired) electrons. The zero-order valence-electron chi connectivity index (χ0n) is 12.3. The second kappa shape index (κ2) is 7.36. The third-order valence-corrected chi connectivity index (χ3v) is 4.94. The fourth-order valence-corrected chi connectivity index (χ4v) is 3.73. The number of benzene rings is 1. The van der Waals surface area contributed by atoms with Gasteiger partial charge in [-0.2, -0.15) is 0 Å². The molecule has 1 unspecified atom stereocenters. The first-order valence-corrected chi connectivity index (χ1v) is 8.35. The predicted molar refractivity (Wildman–Crippen MR) is 84.1 cm³/mol. The van der Waals surface area contributed by atoms with Crippen molar-refractivity contribution >= 4 is 16.8 Å². The first-order valence-electron chi connectivity index (χ1n) is 7.20. The van der Waals surface area contributed by atoms with Gasteiger partial charge >= 0.3 is 5.97 Å². The Morgan fingerprint density at radius 1 is 1.24 bits per heavy atom. The molecule has 1 atom stereocenters. The van der Waals surface area contributed by atoms with Gasteiger partial charge in [-0.15, -0.1) is 0 Å². The van der Waals surface area contributed by atoms with Crippen LogP contribution in [0.1, 0.15) is 32.6 Å². The van der Waals surface area contributed by atoms with Crippen molar-refractivity contribution in [1.29, 1.82) is 0 Å². The maximum atomic E-state index is 12.8. The van der Waals surface area contributed by atoms with Crippen molar-refractivity contribution in [1.82, 2.24) is 0 Å². The highest BCUT2D eigenvalue weighted by Gasteiger charge is 2.26. The minimum atomic E-state index is -1.53. The predicted octanol–water partition coefficient (Wildman–Crippen LogP) is 3.74. The molecular formula is C17H20O3S.